The molecule has 1 aliphatic carbocycles. The molecule has 1 aromatic heterocycles. The molecule has 1 heterocycles. The van der Waals surface area contributed by atoms with Gasteiger partial charge in [0.05, 0.1) is 0 Å². The standard InChI is InChI=1S/C16H12F2N2O/c17-12-5-6-13(18)15(8-12)21-16-11(9-19)7-10-3-1-2-4-14(10)20-16/h5-8H,1-4H2. The Morgan fingerprint density at radius 2 is 1.95 bits per heavy atom. The second kappa shape index (κ2) is 5.49. The molecule has 0 radical (unpaired) electrons. The van der Waals surface area contributed by atoms with E-state index in [1.807, 2.05) is 6.07 Å². The number of hydrogen-bond donors (Lipinski definition) is 0. The quantitative estimate of drug-likeness (QED) is 0.841. The van der Waals surface area contributed by atoms with Crippen LogP contribution >= 0.6 is 0 Å². The average molecular weight is 286 g/mol. The van der Waals surface area contributed by atoms with Gasteiger partial charge in [0.1, 0.15) is 17.4 Å². The average Bonchev–Trinajstić information content (AvgIpc) is 2.50. The van der Waals surface area contributed by atoms with E-state index >= 15 is 0 Å². The molecule has 3 rings (SSSR count). The van der Waals surface area contributed by atoms with Crippen molar-refractivity contribution < 1.29 is 13.5 Å². The number of aryl methyl sites for hydroxylation is 2. The predicted octanol–water partition coefficient (Wildman–Crippen LogP) is 3.90. The van der Waals surface area contributed by atoms with E-state index in [0.717, 1.165) is 55.1 Å². The molecule has 3 nitrogen and oxygen atoms in total. The molecule has 0 spiro atoms. The van der Waals surface area contributed by atoms with E-state index in [0.29, 0.717) is 0 Å². The third-order valence-electron chi connectivity index (χ3n) is 3.49. The smallest absolute Gasteiger partial charge is 0.237 e. The van der Waals surface area contributed by atoms with Crippen LogP contribution in [0, 0.1) is 23.0 Å². The predicted molar refractivity (Wildman–Crippen MR) is 72.0 cm³/mol. The highest BCUT2D eigenvalue weighted by molar-refractivity contribution is 5.45. The molecule has 0 amide bonds. The van der Waals surface area contributed by atoms with Gasteiger partial charge in [-0.25, -0.2) is 13.8 Å². The van der Waals surface area contributed by atoms with Crippen LogP contribution in [-0.2, 0) is 12.8 Å². The molecule has 5 heteroatoms. The van der Waals surface area contributed by atoms with Crippen LogP contribution in [0.4, 0.5) is 8.78 Å². The van der Waals surface area contributed by atoms with Crippen molar-refractivity contribution in [2.45, 2.75) is 25.7 Å². The summed E-state index contributed by atoms with van der Waals surface area (Å²) in [5.74, 6) is -1.54. The van der Waals surface area contributed by atoms with E-state index in [4.69, 9.17) is 4.74 Å². The van der Waals surface area contributed by atoms with Gasteiger partial charge in [-0.3, -0.25) is 0 Å². The van der Waals surface area contributed by atoms with Gasteiger partial charge in [-0.05, 0) is 49.4 Å². The van der Waals surface area contributed by atoms with Crippen molar-refractivity contribution in [3.63, 3.8) is 0 Å². The van der Waals surface area contributed by atoms with E-state index in [-0.39, 0.29) is 17.2 Å². The van der Waals surface area contributed by atoms with Crippen LogP contribution in [-0.4, -0.2) is 4.98 Å². The number of ether oxygens (including phenoxy) is 1. The molecule has 0 fully saturated rings. The highest BCUT2D eigenvalue weighted by Crippen LogP contribution is 2.30. The summed E-state index contributed by atoms with van der Waals surface area (Å²) >= 11 is 0. The van der Waals surface area contributed by atoms with Gasteiger partial charge in [-0.1, -0.05) is 0 Å². The van der Waals surface area contributed by atoms with Crippen molar-refractivity contribution >= 4 is 0 Å². The number of pyridine rings is 1. The zero-order valence-corrected chi connectivity index (χ0v) is 11.2. The Morgan fingerprint density at radius 1 is 1.14 bits per heavy atom. The van der Waals surface area contributed by atoms with E-state index in [1.54, 1.807) is 6.07 Å². The van der Waals surface area contributed by atoms with Crippen molar-refractivity contribution in [1.82, 2.24) is 4.98 Å². The molecule has 0 bridgehead atoms. The molecule has 0 aliphatic heterocycles. The SMILES string of the molecule is N#Cc1cc2c(nc1Oc1cc(F)ccc1F)CCCC2. The molecule has 106 valence electrons. The van der Waals surface area contributed by atoms with Gasteiger partial charge in [-0.2, -0.15) is 5.26 Å². The van der Waals surface area contributed by atoms with Crippen LogP contribution in [0.2, 0.25) is 0 Å². The molecule has 0 N–H and O–H groups in total. The molecular weight excluding hydrogens is 274 g/mol. The van der Waals surface area contributed by atoms with Crippen LogP contribution in [0.3, 0.4) is 0 Å². The molecule has 1 aliphatic rings. The monoisotopic (exact) mass is 286 g/mol. The topological polar surface area (TPSA) is 45.9 Å². The Kier molecular flexibility index (Phi) is 3.53. The van der Waals surface area contributed by atoms with Crippen LogP contribution in [0.1, 0.15) is 29.7 Å². The molecule has 0 saturated heterocycles. The number of rotatable bonds is 2. The van der Waals surface area contributed by atoms with E-state index < -0.39 is 11.6 Å². The lowest BCUT2D eigenvalue weighted by Crippen LogP contribution is -2.07. The molecular formula is C16H12F2N2O. The highest BCUT2D eigenvalue weighted by Gasteiger charge is 2.17. The minimum absolute atomic E-state index is 0.0302. The number of fused-ring (bicyclic) bond motifs is 1. The second-order valence-corrected chi connectivity index (χ2v) is 4.94. The van der Waals surface area contributed by atoms with Crippen molar-refractivity contribution in [3.05, 3.63) is 52.7 Å². The molecule has 0 saturated carbocycles. The largest absolute Gasteiger partial charge is 0.434 e. The third kappa shape index (κ3) is 2.70. The molecule has 2 aromatic rings. The van der Waals surface area contributed by atoms with Gasteiger partial charge in [0.2, 0.25) is 5.88 Å². The third-order valence-corrected chi connectivity index (χ3v) is 3.49. The number of hydrogen-bond acceptors (Lipinski definition) is 3. The van der Waals surface area contributed by atoms with E-state index in [1.165, 1.54) is 0 Å². The number of nitriles is 1. The van der Waals surface area contributed by atoms with Gasteiger partial charge < -0.3 is 4.74 Å². The van der Waals surface area contributed by atoms with E-state index in [9.17, 15) is 14.0 Å². The lowest BCUT2D eigenvalue weighted by atomic mass is 9.95. The summed E-state index contributed by atoms with van der Waals surface area (Å²) in [5, 5.41) is 9.18. The van der Waals surface area contributed by atoms with Crippen LogP contribution < -0.4 is 4.74 Å². The maximum atomic E-state index is 13.6. The van der Waals surface area contributed by atoms with Crippen molar-refractivity contribution in [2.24, 2.45) is 0 Å². The number of aromatic nitrogens is 1. The maximum Gasteiger partial charge on any atom is 0.237 e. The lowest BCUT2D eigenvalue weighted by molar-refractivity contribution is 0.418. The first-order chi connectivity index (χ1) is 10.2. The van der Waals surface area contributed by atoms with Gasteiger partial charge in [0, 0.05) is 11.8 Å². The van der Waals surface area contributed by atoms with Gasteiger partial charge in [0.15, 0.2) is 11.6 Å². The highest BCUT2D eigenvalue weighted by atomic mass is 19.1. The molecule has 21 heavy (non-hydrogen) atoms. The summed E-state index contributed by atoms with van der Waals surface area (Å²) in [7, 11) is 0. The summed E-state index contributed by atoms with van der Waals surface area (Å²) in [5.41, 5.74) is 2.14. The first-order valence-corrected chi connectivity index (χ1v) is 6.73. The van der Waals surface area contributed by atoms with Crippen LogP contribution in [0.25, 0.3) is 0 Å². The van der Waals surface area contributed by atoms with Crippen LogP contribution in [0.5, 0.6) is 11.6 Å². The fourth-order valence-electron chi connectivity index (χ4n) is 2.43. The normalized spacial score (nSPS) is 13.4. The molecule has 1 aromatic carbocycles. The minimum Gasteiger partial charge on any atom is -0.434 e. The minimum atomic E-state index is -0.695. The van der Waals surface area contributed by atoms with Gasteiger partial charge in [-0.15, -0.1) is 0 Å². The molecule has 0 unspecified atom stereocenters. The summed E-state index contributed by atoms with van der Waals surface area (Å²) in [6.07, 6.45) is 3.78. The Hall–Kier alpha value is -2.48. The maximum absolute atomic E-state index is 13.6. The zero-order chi connectivity index (χ0) is 14.8. The fraction of sp³-hybridized carbons (Fsp3) is 0.250. The zero-order valence-electron chi connectivity index (χ0n) is 11.2. The van der Waals surface area contributed by atoms with E-state index in [2.05, 4.69) is 4.98 Å². The Balaban J connectivity index is 2.02. The Bertz CT molecular complexity index is 738. The first kappa shape index (κ1) is 13.5. The van der Waals surface area contributed by atoms with Gasteiger partial charge in [0.25, 0.3) is 0 Å². The van der Waals surface area contributed by atoms with Crippen LogP contribution in [0.15, 0.2) is 24.3 Å². The van der Waals surface area contributed by atoms with Gasteiger partial charge >= 0.3 is 0 Å². The van der Waals surface area contributed by atoms with Crippen molar-refractivity contribution in [2.75, 3.05) is 0 Å². The summed E-state index contributed by atoms with van der Waals surface area (Å²) < 4.78 is 32.1. The Morgan fingerprint density at radius 3 is 2.76 bits per heavy atom. The summed E-state index contributed by atoms with van der Waals surface area (Å²) in [4.78, 5) is 4.32. The lowest BCUT2D eigenvalue weighted by Gasteiger charge is -2.16. The number of nitrogens with zero attached hydrogens (tertiary/aromatic N) is 2. The molecule has 0 atom stereocenters. The summed E-state index contributed by atoms with van der Waals surface area (Å²) in [6, 6.07) is 6.66. The number of benzene rings is 1. The van der Waals surface area contributed by atoms with Crippen molar-refractivity contribution in [3.8, 4) is 17.7 Å². The Labute approximate surface area is 120 Å². The first-order valence-electron chi connectivity index (χ1n) is 6.73. The number of halogens is 2. The summed E-state index contributed by atoms with van der Waals surface area (Å²) in [6.45, 7) is 0. The fourth-order valence-corrected chi connectivity index (χ4v) is 2.43. The second-order valence-electron chi connectivity index (χ2n) is 4.94. The van der Waals surface area contributed by atoms with Crippen molar-refractivity contribution in [1.29, 1.82) is 5.26 Å².